The highest BCUT2D eigenvalue weighted by Crippen LogP contribution is 2.38. The summed E-state index contributed by atoms with van der Waals surface area (Å²) < 4.78 is 37.6. The Labute approximate surface area is 91.5 Å². The quantitative estimate of drug-likeness (QED) is 0.831. The van der Waals surface area contributed by atoms with Crippen LogP contribution in [-0.4, -0.2) is 12.1 Å². The first-order valence-corrected chi connectivity index (χ1v) is 4.68. The number of nitrogens with one attached hydrogen (secondary N) is 1. The van der Waals surface area contributed by atoms with Crippen molar-refractivity contribution in [2.45, 2.75) is 20.0 Å². The predicted octanol–water partition coefficient (Wildman–Crippen LogP) is 3.21. The van der Waals surface area contributed by atoms with E-state index in [2.05, 4.69) is 5.32 Å². The smallest absolute Gasteiger partial charge is 0.325 e. The van der Waals surface area contributed by atoms with E-state index in [1.807, 2.05) is 0 Å². The molecule has 2 nitrogen and oxygen atoms in total. The van der Waals surface area contributed by atoms with E-state index in [1.54, 1.807) is 18.2 Å². The Morgan fingerprint density at radius 2 is 1.62 bits per heavy atom. The van der Waals surface area contributed by atoms with Crippen molar-refractivity contribution in [2.75, 3.05) is 5.32 Å². The van der Waals surface area contributed by atoms with E-state index < -0.39 is 17.5 Å². The van der Waals surface area contributed by atoms with E-state index in [0.717, 1.165) is 13.8 Å². The van der Waals surface area contributed by atoms with E-state index in [9.17, 15) is 18.0 Å². The highest BCUT2D eigenvalue weighted by Gasteiger charge is 2.52. The van der Waals surface area contributed by atoms with Gasteiger partial charge in [-0.05, 0) is 26.0 Å². The molecule has 0 fully saturated rings. The summed E-state index contributed by atoms with van der Waals surface area (Å²) in [5.74, 6) is -1.06. The zero-order valence-corrected chi connectivity index (χ0v) is 8.93. The molecule has 16 heavy (non-hydrogen) atoms. The number of hydrogen-bond acceptors (Lipinski definition) is 1. The molecule has 0 bridgehead atoms. The van der Waals surface area contributed by atoms with Gasteiger partial charge >= 0.3 is 6.18 Å². The maximum atomic E-state index is 12.5. The van der Waals surface area contributed by atoms with Crippen LogP contribution in [0.1, 0.15) is 13.8 Å². The minimum absolute atomic E-state index is 0.352. The van der Waals surface area contributed by atoms with Crippen LogP contribution in [0.15, 0.2) is 30.3 Å². The van der Waals surface area contributed by atoms with Gasteiger partial charge in [-0.25, -0.2) is 0 Å². The van der Waals surface area contributed by atoms with Gasteiger partial charge in [-0.1, -0.05) is 18.2 Å². The Bertz CT molecular complexity index is 371. The molecule has 88 valence electrons. The Morgan fingerprint density at radius 3 is 2.06 bits per heavy atom. The first-order valence-electron chi connectivity index (χ1n) is 4.68. The van der Waals surface area contributed by atoms with Gasteiger partial charge in [0.1, 0.15) is 5.41 Å². The molecular formula is C11H12F3NO. The number of anilines is 1. The highest BCUT2D eigenvalue weighted by atomic mass is 19.4. The van der Waals surface area contributed by atoms with Gasteiger partial charge in [-0.3, -0.25) is 4.79 Å². The third-order valence-corrected chi connectivity index (χ3v) is 2.31. The monoisotopic (exact) mass is 231 g/mol. The van der Waals surface area contributed by atoms with Gasteiger partial charge in [0, 0.05) is 5.69 Å². The minimum Gasteiger partial charge on any atom is -0.325 e. The van der Waals surface area contributed by atoms with E-state index in [0.29, 0.717) is 5.69 Å². The predicted molar refractivity (Wildman–Crippen MR) is 54.9 cm³/mol. The minimum atomic E-state index is -4.56. The first kappa shape index (κ1) is 12.5. The number of benzene rings is 1. The van der Waals surface area contributed by atoms with Crippen molar-refractivity contribution in [3.63, 3.8) is 0 Å². The number of rotatable bonds is 2. The molecular weight excluding hydrogens is 219 g/mol. The largest absolute Gasteiger partial charge is 0.402 e. The average Bonchev–Trinajstić information content (AvgIpc) is 2.17. The van der Waals surface area contributed by atoms with Crippen molar-refractivity contribution in [1.29, 1.82) is 0 Å². The van der Waals surface area contributed by atoms with Crippen LogP contribution >= 0.6 is 0 Å². The summed E-state index contributed by atoms with van der Waals surface area (Å²) in [4.78, 5) is 11.4. The molecule has 0 saturated heterocycles. The number of para-hydroxylation sites is 1. The Hall–Kier alpha value is -1.52. The molecule has 0 heterocycles. The van der Waals surface area contributed by atoms with Crippen LogP contribution in [0.25, 0.3) is 0 Å². The molecule has 1 aromatic carbocycles. The molecule has 5 heteroatoms. The lowest BCUT2D eigenvalue weighted by molar-refractivity contribution is -0.208. The molecule has 0 aromatic heterocycles. The average molecular weight is 231 g/mol. The fraction of sp³-hybridized carbons (Fsp3) is 0.364. The van der Waals surface area contributed by atoms with Crippen molar-refractivity contribution < 1.29 is 18.0 Å². The normalized spacial score (nSPS) is 12.3. The summed E-state index contributed by atoms with van der Waals surface area (Å²) in [6, 6.07) is 8.05. The number of carbonyl (C=O) groups excluding carboxylic acids is 1. The lowest BCUT2D eigenvalue weighted by atomic mass is 9.91. The van der Waals surface area contributed by atoms with Crippen LogP contribution in [-0.2, 0) is 4.79 Å². The van der Waals surface area contributed by atoms with Gasteiger partial charge in [-0.2, -0.15) is 13.2 Å². The molecule has 0 atom stereocenters. The molecule has 0 spiro atoms. The summed E-state index contributed by atoms with van der Waals surface area (Å²) in [5.41, 5.74) is -2.05. The SMILES string of the molecule is CC(C)(C(=O)Nc1ccccc1)C(F)(F)F. The van der Waals surface area contributed by atoms with Gasteiger partial charge in [0.2, 0.25) is 5.91 Å². The van der Waals surface area contributed by atoms with Gasteiger partial charge in [-0.15, -0.1) is 0 Å². The molecule has 0 radical (unpaired) electrons. The summed E-state index contributed by atoms with van der Waals surface area (Å²) in [7, 11) is 0. The van der Waals surface area contributed by atoms with Gasteiger partial charge < -0.3 is 5.32 Å². The molecule has 1 N–H and O–H groups in total. The Kier molecular flexibility index (Phi) is 3.26. The number of alkyl halides is 3. The topological polar surface area (TPSA) is 29.1 Å². The summed E-state index contributed by atoms with van der Waals surface area (Å²) in [6.45, 7) is 1.70. The molecule has 0 aliphatic heterocycles. The molecule has 1 rings (SSSR count). The van der Waals surface area contributed by atoms with Crippen molar-refractivity contribution in [3.05, 3.63) is 30.3 Å². The second-order valence-electron chi connectivity index (χ2n) is 3.94. The summed E-state index contributed by atoms with van der Waals surface area (Å²) >= 11 is 0. The van der Waals surface area contributed by atoms with Crippen molar-refractivity contribution >= 4 is 11.6 Å². The Morgan fingerprint density at radius 1 is 1.12 bits per heavy atom. The molecule has 0 aliphatic rings. The van der Waals surface area contributed by atoms with Crippen molar-refractivity contribution in [2.24, 2.45) is 5.41 Å². The Balaban J connectivity index is 2.81. The summed E-state index contributed by atoms with van der Waals surface area (Å²) in [6.07, 6.45) is -4.56. The zero-order chi connectivity index (χ0) is 12.4. The van der Waals surface area contributed by atoms with Crippen LogP contribution in [0, 0.1) is 5.41 Å². The van der Waals surface area contributed by atoms with Gasteiger partial charge in [0.25, 0.3) is 0 Å². The molecule has 0 saturated carbocycles. The standard InChI is InChI=1S/C11H12F3NO/c1-10(2,11(12,13)14)9(16)15-8-6-4-3-5-7-8/h3-7H,1-2H3,(H,15,16). The van der Waals surface area contributed by atoms with Gasteiger partial charge in [0.05, 0.1) is 0 Å². The van der Waals surface area contributed by atoms with Crippen LogP contribution < -0.4 is 5.32 Å². The third-order valence-electron chi connectivity index (χ3n) is 2.31. The number of hydrogen-bond donors (Lipinski definition) is 1. The maximum Gasteiger partial charge on any atom is 0.402 e. The van der Waals surface area contributed by atoms with Crippen LogP contribution in [0.5, 0.6) is 0 Å². The molecule has 0 unspecified atom stereocenters. The lowest BCUT2D eigenvalue weighted by Gasteiger charge is -2.26. The molecule has 0 aliphatic carbocycles. The molecule has 1 amide bonds. The zero-order valence-electron chi connectivity index (χ0n) is 8.93. The highest BCUT2D eigenvalue weighted by molar-refractivity contribution is 5.95. The third kappa shape index (κ3) is 2.53. The second-order valence-corrected chi connectivity index (χ2v) is 3.94. The number of carbonyl (C=O) groups is 1. The van der Waals surface area contributed by atoms with E-state index in [4.69, 9.17) is 0 Å². The fourth-order valence-electron chi connectivity index (χ4n) is 0.938. The number of amides is 1. The van der Waals surface area contributed by atoms with Crippen molar-refractivity contribution in [3.8, 4) is 0 Å². The van der Waals surface area contributed by atoms with Gasteiger partial charge in [0.15, 0.2) is 0 Å². The van der Waals surface area contributed by atoms with E-state index in [-0.39, 0.29) is 0 Å². The molecule has 1 aromatic rings. The fourth-order valence-corrected chi connectivity index (χ4v) is 0.938. The number of halogens is 3. The van der Waals surface area contributed by atoms with Crippen LogP contribution in [0.4, 0.5) is 18.9 Å². The maximum absolute atomic E-state index is 12.5. The lowest BCUT2D eigenvalue weighted by Crippen LogP contribution is -2.43. The van der Waals surface area contributed by atoms with Crippen molar-refractivity contribution in [1.82, 2.24) is 0 Å². The summed E-state index contributed by atoms with van der Waals surface area (Å²) in [5, 5.41) is 2.23. The van der Waals surface area contributed by atoms with E-state index in [1.165, 1.54) is 12.1 Å². The second kappa shape index (κ2) is 4.15. The van der Waals surface area contributed by atoms with E-state index >= 15 is 0 Å². The van der Waals surface area contributed by atoms with Crippen LogP contribution in [0.2, 0.25) is 0 Å². The first-order chi connectivity index (χ1) is 7.25. The van der Waals surface area contributed by atoms with Crippen LogP contribution in [0.3, 0.4) is 0 Å².